The predicted octanol–water partition coefficient (Wildman–Crippen LogP) is 1.10. The van der Waals surface area contributed by atoms with Gasteiger partial charge in [0.15, 0.2) is 0 Å². The van der Waals surface area contributed by atoms with Gasteiger partial charge in [-0.15, -0.1) is 11.6 Å². The van der Waals surface area contributed by atoms with Crippen molar-refractivity contribution in [2.45, 2.75) is 25.5 Å². The van der Waals surface area contributed by atoms with Crippen LogP contribution in [0, 0.1) is 0 Å². The van der Waals surface area contributed by atoms with Crippen molar-refractivity contribution < 1.29 is 4.74 Å². The lowest BCUT2D eigenvalue weighted by atomic mass is 10.1. The number of hydrogen-bond donors (Lipinski definition) is 0. The van der Waals surface area contributed by atoms with Crippen LogP contribution in [0.4, 0.5) is 5.69 Å². The molecule has 0 aliphatic carbocycles. The summed E-state index contributed by atoms with van der Waals surface area (Å²) in [5.41, 5.74) is 0.794. The van der Waals surface area contributed by atoms with Crippen molar-refractivity contribution >= 4 is 17.3 Å². The summed E-state index contributed by atoms with van der Waals surface area (Å²) in [7, 11) is 1.75. The third kappa shape index (κ3) is 3.03. The zero-order chi connectivity index (χ0) is 13.0. The Morgan fingerprint density at radius 3 is 2.78 bits per heavy atom. The number of halogens is 1. The number of piperidine rings is 1. The van der Waals surface area contributed by atoms with E-state index in [9.17, 15) is 4.79 Å². The van der Waals surface area contributed by atoms with Gasteiger partial charge in [-0.05, 0) is 12.8 Å². The fourth-order valence-corrected chi connectivity index (χ4v) is 2.35. The standard InChI is InChI=1S/C12H18ClN3O2/c1-18-11-2-5-15(6-3-11)10-8-12(17)16(7-4-13)14-9-10/h8-9,11H,2-7H2,1H3. The molecule has 1 aromatic heterocycles. The summed E-state index contributed by atoms with van der Waals surface area (Å²) in [6.45, 7) is 2.25. The Morgan fingerprint density at radius 2 is 2.22 bits per heavy atom. The highest BCUT2D eigenvalue weighted by Gasteiger charge is 2.19. The third-order valence-electron chi connectivity index (χ3n) is 3.29. The molecule has 0 spiro atoms. The van der Waals surface area contributed by atoms with E-state index in [0.717, 1.165) is 31.6 Å². The Morgan fingerprint density at radius 1 is 1.50 bits per heavy atom. The minimum absolute atomic E-state index is 0.0954. The average molecular weight is 272 g/mol. The molecule has 100 valence electrons. The number of methoxy groups -OCH3 is 1. The van der Waals surface area contributed by atoms with Gasteiger partial charge in [-0.3, -0.25) is 4.79 Å². The summed E-state index contributed by atoms with van der Waals surface area (Å²) in [5.74, 6) is 0.394. The first-order valence-electron chi connectivity index (χ1n) is 6.15. The molecule has 1 aromatic rings. The van der Waals surface area contributed by atoms with E-state index in [1.54, 1.807) is 19.4 Å². The Labute approximate surface area is 111 Å². The van der Waals surface area contributed by atoms with Crippen LogP contribution in [0.3, 0.4) is 0 Å². The van der Waals surface area contributed by atoms with Gasteiger partial charge in [-0.1, -0.05) is 0 Å². The molecule has 5 nitrogen and oxygen atoms in total. The van der Waals surface area contributed by atoms with Crippen LogP contribution in [-0.2, 0) is 11.3 Å². The van der Waals surface area contributed by atoms with E-state index < -0.39 is 0 Å². The maximum absolute atomic E-state index is 11.8. The maximum Gasteiger partial charge on any atom is 0.268 e. The summed E-state index contributed by atoms with van der Waals surface area (Å²) >= 11 is 5.60. The summed E-state index contributed by atoms with van der Waals surface area (Å²) in [6.07, 6.45) is 4.05. The molecule has 0 unspecified atom stereocenters. The lowest BCUT2D eigenvalue weighted by molar-refractivity contribution is 0.0819. The van der Waals surface area contributed by atoms with Gasteiger partial charge in [-0.25, -0.2) is 4.68 Å². The average Bonchev–Trinajstić information content (AvgIpc) is 2.41. The second-order valence-electron chi connectivity index (χ2n) is 4.39. The molecule has 0 N–H and O–H groups in total. The molecule has 1 aliphatic heterocycles. The number of hydrogen-bond acceptors (Lipinski definition) is 4. The number of alkyl halides is 1. The topological polar surface area (TPSA) is 47.4 Å². The number of aryl methyl sites for hydroxylation is 1. The number of aromatic nitrogens is 2. The van der Waals surface area contributed by atoms with Gasteiger partial charge in [0, 0.05) is 32.1 Å². The molecule has 1 saturated heterocycles. The number of rotatable bonds is 4. The summed E-state index contributed by atoms with van der Waals surface area (Å²) in [5, 5.41) is 4.13. The fraction of sp³-hybridized carbons (Fsp3) is 0.667. The van der Waals surface area contributed by atoms with E-state index in [-0.39, 0.29) is 5.56 Å². The number of nitrogens with zero attached hydrogens (tertiary/aromatic N) is 3. The van der Waals surface area contributed by atoms with Crippen LogP contribution in [-0.4, -0.2) is 42.0 Å². The molecule has 0 amide bonds. The quantitative estimate of drug-likeness (QED) is 0.770. The predicted molar refractivity (Wildman–Crippen MR) is 71.5 cm³/mol. The molecule has 2 rings (SSSR count). The van der Waals surface area contributed by atoms with E-state index in [1.165, 1.54) is 4.68 Å². The van der Waals surface area contributed by atoms with E-state index in [1.807, 2.05) is 0 Å². The lowest BCUT2D eigenvalue weighted by Crippen LogP contribution is -2.37. The molecule has 0 aromatic carbocycles. The van der Waals surface area contributed by atoms with Crippen LogP contribution >= 0.6 is 11.6 Å². The minimum Gasteiger partial charge on any atom is -0.381 e. The van der Waals surface area contributed by atoms with Gasteiger partial charge in [0.25, 0.3) is 5.56 Å². The van der Waals surface area contributed by atoms with Gasteiger partial charge in [0.2, 0.25) is 0 Å². The van der Waals surface area contributed by atoms with Gasteiger partial charge >= 0.3 is 0 Å². The minimum atomic E-state index is -0.0954. The molecule has 0 bridgehead atoms. The smallest absolute Gasteiger partial charge is 0.268 e. The molecule has 18 heavy (non-hydrogen) atoms. The second-order valence-corrected chi connectivity index (χ2v) is 4.76. The molecule has 1 fully saturated rings. The highest BCUT2D eigenvalue weighted by Crippen LogP contribution is 2.18. The highest BCUT2D eigenvalue weighted by atomic mass is 35.5. The van der Waals surface area contributed by atoms with Crippen molar-refractivity contribution in [3.05, 3.63) is 22.6 Å². The first kappa shape index (κ1) is 13.4. The molecule has 0 atom stereocenters. The zero-order valence-electron chi connectivity index (χ0n) is 10.5. The Hall–Kier alpha value is -1.07. The van der Waals surface area contributed by atoms with Crippen LogP contribution < -0.4 is 10.5 Å². The second kappa shape index (κ2) is 6.20. The van der Waals surface area contributed by atoms with E-state index >= 15 is 0 Å². The van der Waals surface area contributed by atoms with Crippen LogP contribution in [0.5, 0.6) is 0 Å². The molecular formula is C12H18ClN3O2. The monoisotopic (exact) mass is 271 g/mol. The summed E-state index contributed by atoms with van der Waals surface area (Å²) in [6, 6.07) is 1.63. The number of anilines is 1. The van der Waals surface area contributed by atoms with Crippen molar-refractivity contribution in [2.75, 3.05) is 31.0 Å². The maximum atomic E-state index is 11.8. The normalized spacial score (nSPS) is 17.1. The van der Waals surface area contributed by atoms with Gasteiger partial charge in [-0.2, -0.15) is 5.10 Å². The van der Waals surface area contributed by atoms with Gasteiger partial charge in [0.05, 0.1) is 24.5 Å². The van der Waals surface area contributed by atoms with Crippen molar-refractivity contribution in [1.29, 1.82) is 0 Å². The van der Waals surface area contributed by atoms with Crippen LogP contribution in [0.1, 0.15) is 12.8 Å². The molecule has 6 heteroatoms. The van der Waals surface area contributed by atoms with Crippen LogP contribution in [0.15, 0.2) is 17.1 Å². The van der Waals surface area contributed by atoms with Crippen molar-refractivity contribution in [3.63, 3.8) is 0 Å². The molecule has 0 saturated carbocycles. The largest absolute Gasteiger partial charge is 0.381 e. The lowest BCUT2D eigenvalue weighted by Gasteiger charge is -2.32. The van der Waals surface area contributed by atoms with E-state index in [4.69, 9.17) is 16.3 Å². The highest BCUT2D eigenvalue weighted by molar-refractivity contribution is 6.17. The van der Waals surface area contributed by atoms with Crippen LogP contribution in [0.2, 0.25) is 0 Å². The first-order valence-corrected chi connectivity index (χ1v) is 6.69. The van der Waals surface area contributed by atoms with E-state index in [0.29, 0.717) is 18.5 Å². The molecular weight excluding hydrogens is 254 g/mol. The summed E-state index contributed by atoms with van der Waals surface area (Å²) < 4.78 is 6.71. The molecule has 0 radical (unpaired) electrons. The fourth-order valence-electron chi connectivity index (χ4n) is 2.19. The Balaban J connectivity index is 2.06. The van der Waals surface area contributed by atoms with Crippen molar-refractivity contribution in [2.24, 2.45) is 0 Å². The third-order valence-corrected chi connectivity index (χ3v) is 3.46. The zero-order valence-corrected chi connectivity index (χ0v) is 11.3. The van der Waals surface area contributed by atoms with Gasteiger partial charge in [0.1, 0.15) is 0 Å². The van der Waals surface area contributed by atoms with Crippen molar-refractivity contribution in [1.82, 2.24) is 9.78 Å². The Bertz CT molecular complexity index is 441. The number of ether oxygens (including phenoxy) is 1. The first-order chi connectivity index (χ1) is 8.74. The van der Waals surface area contributed by atoms with Crippen LogP contribution in [0.25, 0.3) is 0 Å². The summed E-state index contributed by atoms with van der Waals surface area (Å²) in [4.78, 5) is 14.0. The van der Waals surface area contributed by atoms with E-state index in [2.05, 4.69) is 10.00 Å². The Kier molecular flexibility index (Phi) is 4.60. The van der Waals surface area contributed by atoms with Crippen molar-refractivity contribution in [3.8, 4) is 0 Å². The molecule has 1 aliphatic rings. The molecule has 2 heterocycles. The van der Waals surface area contributed by atoms with Gasteiger partial charge < -0.3 is 9.64 Å². The SMILES string of the molecule is COC1CCN(c2cnn(CCCl)c(=O)c2)CC1.